The minimum atomic E-state index is 1.18. The summed E-state index contributed by atoms with van der Waals surface area (Å²) >= 11 is 0. The Morgan fingerprint density at radius 2 is 1.77 bits per heavy atom. The summed E-state index contributed by atoms with van der Waals surface area (Å²) in [5, 5.41) is 0. The summed E-state index contributed by atoms with van der Waals surface area (Å²) in [7, 11) is 0. The van der Waals surface area contributed by atoms with E-state index >= 15 is 0 Å². The van der Waals surface area contributed by atoms with Crippen molar-refractivity contribution in [2.75, 3.05) is 0 Å². The fourth-order valence-electron chi connectivity index (χ4n) is 1.82. The summed E-state index contributed by atoms with van der Waals surface area (Å²) in [5.74, 6) is 0. The van der Waals surface area contributed by atoms with E-state index in [0.29, 0.717) is 0 Å². The monoisotopic (exact) mass is 166 g/mol. The van der Waals surface area contributed by atoms with Crippen LogP contribution < -0.4 is 0 Å². The number of hydrogen-bond acceptors (Lipinski definition) is 0. The standard InChI is InChI=1S/C13H10/c1-2-7-11-9-13(11)12-8-4-3-6-10(12)5-1/h1-8H,9H2/b2-1?,5-1-,7-2-,10-5?,11-7?,13-12?. The molecule has 0 heteroatoms. The van der Waals surface area contributed by atoms with Gasteiger partial charge in [0.15, 0.2) is 0 Å². The van der Waals surface area contributed by atoms with Crippen LogP contribution in [-0.2, 0) is 0 Å². The third-order valence-electron chi connectivity index (χ3n) is 2.60. The Kier molecular flexibility index (Phi) is 1.31. The third kappa shape index (κ3) is 1.06. The molecule has 0 nitrogen and oxygen atoms in total. The summed E-state index contributed by atoms with van der Waals surface area (Å²) in [5.41, 5.74) is 5.78. The fourth-order valence-corrected chi connectivity index (χ4v) is 1.82. The first-order valence-electron chi connectivity index (χ1n) is 4.61. The zero-order valence-corrected chi connectivity index (χ0v) is 7.33. The van der Waals surface area contributed by atoms with E-state index in [1.807, 2.05) is 0 Å². The fraction of sp³-hybridized carbons (Fsp3) is 0.0769. The van der Waals surface area contributed by atoms with Crippen molar-refractivity contribution in [3.05, 3.63) is 59.2 Å². The van der Waals surface area contributed by atoms with Crippen LogP contribution in [-0.4, -0.2) is 0 Å². The summed E-state index contributed by atoms with van der Waals surface area (Å²) < 4.78 is 0. The predicted octanol–water partition coefficient (Wildman–Crippen LogP) is 3.43. The van der Waals surface area contributed by atoms with Crippen LogP contribution in [0.1, 0.15) is 17.5 Å². The molecule has 0 spiro atoms. The molecule has 13 heavy (non-hydrogen) atoms. The first-order valence-corrected chi connectivity index (χ1v) is 4.61. The van der Waals surface area contributed by atoms with Crippen molar-refractivity contribution >= 4 is 11.6 Å². The highest BCUT2D eigenvalue weighted by Crippen LogP contribution is 2.43. The van der Waals surface area contributed by atoms with Gasteiger partial charge >= 0.3 is 0 Å². The number of fused-ring (bicyclic) bond motifs is 2. The maximum Gasteiger partial charge on any atom is -0.00137 e. The van der Waals surface area contributed by atoms with Gasteiger partial charge in [0.25, 0.3) is 0 Å². The molecule has 1 aromatic rings. The van der Waals surface area contributed by atoms with Crippen molar-refractivity contribution in [3.63, 3.8) is 0 Å². The van der Waals surface area contributed by atoms with Crippen molar-refractivity contribution < 1.29 is 0 Å². The highest BCUT2D eigenvalue weighted by Gasteiger charge is 2.22. The molecule has 0 aromatic heterocycles. The van der Waals surface area contributed by atoms with Gasteiger partial charge in [-0.2, -0.15) is 0 Å². The van der Waals surface area contributed by atoms with E-state index in [1.54, 1.807) is 0 Å². The highest BCUT2D eigenvalue weighted by molar-refractivity contribution is 5.89. The van der Waals surface area contributed by atoms with E-state index in [4.69, 9.17) is 0 Å². The van der Waals surface area contributed by atoms with E-state index in [0.717, 1.165) is 0 Å². The summed E-state index contributed by atoms with van der Waals surface area (Å²) in [6, 6.07) is 8.59. The zero-order valence-electron chi connectivity index (χ0n) is 7.33. The average Bonchev–Trinajstić information content (AvgIpc) is 2.88. The Morgan fingerprint density at radius 3 is 2.77 bits per heavy atom. The highest BCUT2D eigenvalue weighted by atomic mass is 14.3. The molecule has 0 unspecified atom stereocenters. The molecule has 2 aliphatic carbocycles. The molecular weight excluding hydrogens is 156 g/mol. The zero-order chi connectivity index (χ0) is 8.67. The summed E-state index contributed by atoms with van der Waals surface area (Å²) in [4.78, 5) is 0. The Bertz CT molecular complexity index is 445. The molecular formula is C13H10. The van der Waals surface area contributed by atoms with Crippen molar-refractivity contribution in [2.45, 2.75) is 6.42 Å². The van der Waals surface area contributed by atoms with Crippen LogP contribution in [0, 0.1) is 0 Å². The lowest BCUT2D eigenvalue weighted by Gasteiger charge is -2.00. The first-order chi connectivity index (χ1) is 6.45. The lowest BCUT2D eigenvalue weighted by atomic mass is 10.0. The molecule has 62 valence electrons. The van der Waals surface area contributed by atoms with Gasteiger partial charge in [0.1, 0.15) is 0 Å². The van der Waals surface area contributed by atoms with E-state index in [2.05, 4.69) is 48.6 Å². The van der Waals surface area contributed by atoms with Crippen molar-refractivity contribution in [2.24, 2.45) is 0 Å². The van der Waals surface area contributed by atoms with E-state index in [9.17, 15) is 0 Å². The van der Waals surface area contributed by atoms with Gasteiger partial charge in [-0.05, 0) is 28.7 Å². The quantitative estimate of drug-likeness (QED) is 0.554. The van der Waals surface area contributed by atoms with Gasteiger partial charge in [-0.15, -0.1) is 0 Å². The maximum absolute atomic E-state index is 2.21. The van der Waals surface area contributed by atoms with Crippen LogP contribution in [0.15, 0.2) is 48.1 Å². The molecule has 3 rings (SSSR count). The number of benzene rings is 1. The SMILES string of the molecule is C1=C\C2=C(C2)c2ccccc2\C=C/1. The van der Waals surface area contributed by atoms with E-state index in [1.165, 1.54) is 28.7 Å². The molecule has 0 aliphatic heterocycles. The lowest BCUT2D eigenvalue weighted by Crippen LogP contribution is -1.80. The smallest absolute Gasteiger partial charge is 0.00137 e. The van der Waals surface area contributed by atoms with Gasteiger partial charge in [-0.25, -0.2) is 0 Å². The van der Waals surface area contributed by atoms with Gasteiger partial charge < -0.3 is 0 Å². The van der Waals surface area contributed by atoms with Gasteiger partial charge in [0.2, 0.25) is 0 Å². The molecule has 0 N–H and O–H groups in total. The maximum atomic E-state index is 2.21. The molecule has 0 radical (unpaired) electrons. The number of allylic oxidation sites excluding steroid dienone is 5. The molecule has 2 aliphatic rings. The molecule has 0 bridgehead atoms. The molecule has 1 aromatic carbocycles. The van der Waals surface area contributed by atoms with Crippen LogP contribution in [0.5, 0.6) is 0 Å². The molecule has 0 fully saturated rings. The van der Waals surface area contributed by atoms with Crippen LogP contribution in [0.3, 0.4) is 0 Å². The number of hydrogen-bond donors (Lipinski definition) is 0. The summed E-state index contributed by atoms with van der Waals surface area (Å²) in [6.45, 7) is 0. The third-order valence-corrected chi connectivity index (χ3v) is 2.60. The second kappa shape index (κ2) is 2.46. The largest absolute Gasteiger partial charge is 0.0620 e. The Hall–Kier alpha value is -1.56. The number of rotatable bonds is 0. The van der Waals surface area contributed by atoms with Gasteiger partial charge in [0.05, 0.1) is 0 Å². The Labute approximate surface area is 77.9 Å². The first kappa shape index (κ1) is 6.90. The predicted molar refractivity (Wildman–Crippen MR) is 56.2 cm³/mol. The van der Waals surface area contributed by atoms with Crippen LogP contribution in [0.25, 0.3) is 11.6 Å². The summed E-state index contributed by atoms with van der Waals surface area (Å²) in [6.07, 6.45) is 9.80. The minimum Gasteiger partial charge on any atom is -0.0620 e. The van der Waals surface area contributed by atoms with Gasteiger partial charge in [0, 0.05) is 0 Å². The molecule has 0 atom stereocenters. The van der Waals surface area contributed by atoms with Crippen molar-refractivity contribution in [1.29, 1.82) is 0 Å². The molecule has 0 saturated heterocycles. The van der Waals surface area contributed by atoms with Crippen LogP contribution >= 0.6 is 0 Å². The van der Waals surface area contributed by atoms with Crippen LogP contribution in [0.4, 0.5) is 0 Å². The van der Waals surface area contributed by atoms with Gasteiger partial charge in [-0.3, -0.25) is 0 Å². The Balaban J connectivity index is 2.25. The topological polar surface area (TPSA) is 0 Å². The molecule has 0 amide bonds. The molecule has 0 saturated carbocycles. The van der Waals surface area contributed by atoms with Crippen molar-refractivity contribution in [1.82, 2.24) is 0 Å². The van der Waals surface area contributed by atoms with E-state index in [-0.39, 0.29) is 0 Å². The minimum absolute atomic E-state index is 1.18. The van der Waals surface area contributed by atoms with Crippen LogP contribution in [0.2, 0.25) is 0 Å². The van der Waals surface area contributed by atoms with Crippen molar-refractivity contribution in [3.8, 4) is 0 Å². The second-order valence-electron chi connectivity index (χ2n) is 3.49. The lowest BCUT2D eigenvalue weighted by molar-refractivity contribution is 1.54. The normalized spacial score (nSPS) is 22.5. The average molecular weight is 166 g/mol. The second-order valence-corrected chi connectivity index (χ2v) is 3.49. The molecule has 0 heterocycles. The Morgan fingerprint density at radius 1 is 0.923 bits per heavy atom. The van der Waals surface area contributed by atoms with Gasteiger partial charge in [-0.1, -0.05) is 48.6 Å². The van der Waals surface area contributed by atoms with E-state index < -0.39 is 0 Å².